The van der Waals surface area contributed by atoms with E-state index in [9.17, 15) is 14.0 Å². The summed E-state index contributed by atoms with van der Waals surface area (Å²) in [5, 5.41) is 14.3. The van der Waals surface area contributed by atoms with E-state index in [1.807, 2.05) is 58.0 Å². The van der Waals surface area contributed by atoms with Gasteiger partial charge in [-0.1, -0.05) is 44.2 Å². The molecular formula is C24H29FN4O2. The number of benzene rings is 2. The highest BCUT2D eigenvalue weighted by atomic mass is 19.1. The molecule has 0 aromatic heterocycles. The Labute approximate surface area is 182 Å². The lowest BCUT2D eigenvalue weighted by Gasteiger charge is -2.43. The molecule has 1 fully saturated rings. The van der Waals surface area contributed by atoms with Crippen LogP contribution in [-0.4, -0.2) is 28.2 Å². The van der Waals surface area contributed by atoms with Crippen LogP contribution >= 0.6 is 0 Å². The number of nitrogens with one attached hydrogen (secondary N) is 3. The topological polar surface area (TPSA) is 85.3 Å². The second-order valence-corrected chi connectivity index (χ2v) is 8.66. The van der Waals surface area contributed by atoms with Crippen LogP contribution in [-0.2, 0) is 11.3 Å². The SMILES string of the molecule is CC(C)[C@]1(C)CC(=O)N(Cc2cc(F)cc(C(=O)N[C@@H](C)c3ccccc3)c2)C(=N)N1. The van der Waals surface area contributed by atoms with Crippen molar-refractivity contribution < 1.29 is 14.0 Å². The number of rotatable bonds is 6. The van der Waals surface area contributed by atoms with Crippen molar-refractivity contribution in [1.29, 1.82) is 5.41 Å². The predicted octanol–water partition coefficient (Wildman–Crippen LogP) is 3.99. The normalized spacial score (nSPS) is 19.9. The van der Waals surface area contributed by atoms with Crippen LogP contribution in [0.5, 0.6) is 0 Å². The van der Waals surface area contributed by atoms with Crippen LogP contribution in [0.25, 0.3) is 0 Å². The van der Waals surface area contributed by atoms with Crippen LogP contribution in [0.4, 0.5) is 4.39 Å². The van der Waals surface area contributed by atoms with E-state index in [4.69, 9.17) is 5.41 Å². The molecule has 0 unspecified atom stereocenters. The molecule has 0 radical (unpaired) electrons. The van der Waals surface area contributed by atoms with E-state index in [0.29, 0.717) is 5.56 Å². The van der Waals surface area contributed by atoms with Gasteiger partial charge in [-0.3, -0.25) is 19.9 Å². The number of amides is 2. The largest absolute Gasteiger partial charge is 0.350 e. The highest BCUT2D eigenvalue weighted by Gasteiger charge is 2.40. The molecule has 2 atom stereocenters. The first-order valence-corrected chi connectivity index (χ1v) is 10.4. The molecule has 2 aromatic carbocycles. The third-order valence-corrected chi connectivity index (χ3v) is 5.98. The minimum atomic E-state index is -0.564. The van der Waals surface area contributed by atoms with Crippen LogP contribution in [0.3, 0.4) is 0 Å². The van der Waals surface area contributed by atoms with Crippen molar-refractivity contribution >= 4 is 17.8 Å². The number of guanidine groups is 1. The molecule has 1 saturated heterocycles. The van der Waals surface area contributed by atoms with E-state index in [2.05, 4.69) is 10.6 Å². The molecule has 1 heterocycles. The summed E-state index contributed by atoms with van der Waals surface area (Å²) < 4.78 is 14.3. The predicted molar refractivity (Wildman–Crippen MR) is 118 cm³/mol. The Hall–Kier alpha value is -3.22. The first-order chi connectivity index (χ1) is 14.6. The van der Waals surface area contributed by atoms with Gasteiger partial charge < -0.3 is 10.6 Å². The lowest BCUT2D eigenvalue weighted by Crippen LogP contribution is -2.62. The van der Waals surface area contributed by atoms with Gasteiger partial charge in [-0.05, 0) is 49.1 Å². The average molecular weight is 425 g/mol. The third-order valence-electron chi connectivity index (χ3n) is 5.98. The van der Waals surface area contributed by atoms with Crippen LogP contribution in [0.15, 0.2) is 48.5 Å². The van der Waals surface area contributed by atoms with E-state index in [-0.39, 0.29) is 42.4 Å². The van der Waals surface area contributed by atoms with E-state index in [1.54, 1.807) is 6.07 Å². The molecule has 2 aromatic rings. The van der Waals surface area contributed by atoms with Crippen LogP contribution < -0.4 is 10.6 Å². The number of nitrogens with zero attached hydrogens (tertiary/aromatic N) is 1. The standard InChI is InChI=1S/C24H29FN4O2/c1-15(2)24(4)13-21(30)29(23(26)28-24)14-17-10-19(12-20(25)11-17)22(31)27-16(3)18-8-6-5-7-9-18/h5-12,15-16H,13-14H2,1-4H3,(H2,26,28)(H,27,31)/t16-,24-/m0/s1. The molecule has 1 aliphatic heterocycles. The van der Waals surface area contributed by atoms with Gasteiger partial charge in [0, 0.05) is 11.1 Å². The Balaban J connectivity index is 1.75. The van der Waals surface area contributed by atoms with Crippen molar-refractivity contribution in [3.8, 4) is 0 Å². The fourth-order valence-corrected chi connectivity index (χ4v) is 3.59. The Morgan fingerprint density at radius 1 is 1.23 bits per heavy atom. The summed E-state index contributed by atoms with van der Waals surface area (Å²) in [6.45, 7) is 7.79. The van der Waals surface area contributed by atoms with Gasteiger partial charge >= 0.3 is 0 Å². The van der Waals surface area contributed by atoms with Gasteiger partial charge in [-0.2, -0.15) is 0 Å². The van der Waals surface area contributed by atoms with E-state index >= 15 is 0 Å². The van der Waals surface area contributed by atoms with Crippen LogP contribution in [0.2, 0.25) is 0 Å². The van der Waals surface area contributed by atoms with Crippen molar-refractivity contribution in [3.05, 3.63) is 71.0 Å². The maximum atomic E-state index is 14.3. The third kappa shape index (κ3) is 5.10. The fraction of sp³-hybridized carbons (Fsp3) is 0.375. The zero-order valence-corrected chi connectivity index (χ0v) is 18.3. The summed E-state index contributed by atoms with van der Waals surface area (Å²) in [7, 11) is 0. The summed E-state index contributed by atoms with van der Waals surface area (Å²) in [5.74, 6) is -1.02. The van der Waals surface area contributed by atoms with Gasteiger partial charge in [0.2, 0.25) is 5.91 Å². The van der Waals surface area contributed by atoms with E-state index in [0.717, 1.165) is 5.56 Å². The highest BCUT2D eigenvalue weighted by Crippen LogP contribution is 2.26. The molecule has 0 bridgehead atoms. The highest BCUT2D eigenvalue weighted by molar-refractivity contribution is 5.99. The fourth-order valence-electron chi connectivity index (χ4n) is 3.59. The molecular weight excluding hydrogens is 395 g/mol. The summed E-state index contributed by atoms with van der Waals surface area (Å²) >= 11 is 0. The summed E-state index contributed by atoms with van der Waals surface area (Å²) in [5.41, 5.74) is 1.07. The molecule has 3 N–H and O–H groups in total. The Morgan fingerprint density at radius 3 is 2.52 bits per heavy atom. The molecule has 6 nitrogen and oxygen atoms in total. The molecule has 31 heavy (non-hydrogen) atoms. The maximum absolute atomic E-state index is 14.3. The second kappa shape index (κ2) is 8.88. The van der Waals surface area contributed by atoms with Gasteiger partial charge in [0.05, 0.1) is 19.0 Å². The van der Waals surface area contributed by atoms with E-state index in [1.165, 1.54) is 17.0 Å². The number of hydrogen-bond acceptors (Lipinski definition) is 3. The molecule has 2 amide bonds. The van der Waals surface area contributed by atoms with Gasteiger partial charge in [-0.25, -0.2) is 4.39 Å². The smallest absolute Gasteiger partial charge is 0.251 e. The quantitative estimate of drug-likeness (QED) is 0.656. The van der Waals surface area contributed by atoms with Gasteiger partial charge in [-0.15, -0.1) is 0 Å². The zero-order chi connectivity index (χ0) is 22.8. The molecule has 164 valence electrons. The first-order valence-electron chi connectivity index (χ1n) is 10.4. The van der Waals surface area contributed by atoms with Crippen LogP contribution in [0.1, 0.15) is 61.6 Å². The van der Waals surface area contributed by atoms with Crippen molar-refractivity contribution in [2.24, 2.45) is 5.92 Å². The second-order valence-electron chi connectivity index (χ2n) is 8.66. The van der Waals surface area contributed by atoms with Gasteiger partial charge in [0.25, 0.3) is 5.91 Å². The first kappa shape index (κ1) is 22.5. The number of halogens is 1. The Kier molecular flexibility index (Phi) is 6.43. The van der Waals surface area contributed by atoms with E-state index < -0.39 is 17.3 Å². The molecule has 1 aliphatic rings. The molecule has 0 spiro atoms. The average Bonchev–Trinajstić information content (AvgIpc) is 2.71. The van der Waals surface area contributed by atoms with Crippen molar-refractivity contribution in [1.82, 2.24) is 15.5 Å². The maximum Gasteiger partial charge on any atom is 0.251 e. The molecule has 7 heteroatoms. The minimum Gasteiger partial charge on any atom is -0.350 e. The van der Waals surface area contributed by atoms with Crippen molar-refractivity contribution in [3.63, 3.8) is 0 Å². The summed E-state index contributed by atoms with van der Waals surface area (Å²) in [4.78, 5) is 26.7. The molecule has 0 aliphatic carbocycles. The summed E-state index contributed by atoms with van der Waals surface area (Å²) in [6, 6.07) is 13.3. The van der Waals surface area contributed by atoms with Gasteiger partial charge in [0.15, 0.2) is 5.96 Å². The minimum absolute atomic E-state index is 0.0135. The molecule has 0 saturated carbocycles. The monoisotopic (exact) mass is 424 g/mol. The lowest BCUT2D eigenvalue weighted by atomic mass is 9.83. The number of carbonyl (C=O) groups is 2. The zero-order valence-electron chi connectivity index (χ0n) is 18.3. The van der Waals surface area contributed by atoms with Gasteiger partial charge in [0.1, 0.15) is 5.82 Å². The summed E-state index contributed by atoms with van der Waals surface area (Å²) in [6.07, 6.45) is 0.240. The van der Waals surface area contributed by atoms with Crippen LogP contribution in [0, 0.1) is 17.1 Å². The Morgan fingerprint density at radius 2 is 1.90 bits per heavy atom. The lowest BCUT2D eigenvalue weighted by molar-refractivity contribution is -0.131. The van der Waals surface area contributed by atoms with Crippen molar-refractivity contribution in [2.45, 2.75) is 52.2 Å². The molecule has 3 rings (SSSR count). The number of hydrogen-bond donors (Lipinski definition) is 3. The van der Waals surface area contributed by atoms with Crippen molar-refractivity contribution in [2.75, 3.05) is 0 Å². The number of carbonyl (C=O) groups excluding carboxylic acids is 2. The Bertz CT molecular complexity index is 972.